The fourth-order valence-corrected chi connectivity index (χ4v) is 2.90. The fraction of sp³-hybridized carbons (Fsp3) is 0.217. The lowest BCUT2D eigenvalue weighted by molar-refractivity contribution is 0.921. The van der Waals surface area contributed by atoms with E-state index in [2.05, 4.69) is 46.4 Å². The lowest BCUT2D eigenvalue weighted by Gasteiger charge is -2.06. The summed E-state index contributed by atoms with van der Waals surface area (Å²) in [7, 11) is 0. The van der Waals surface area contributed by atoms with E-state index < -0.39 is 0 Å². The summed E-state index contributed by atoms with van der Waals surface area (Å²) >= 11 is 0. The smallest absolute Gasteiger partial charge is 0.125 e. The molecule has 4 nitrogen and oxygen atoms in total. The van der Waals surface area contributed by atoms with Crippen molar-refractivity contribution in [2.45, 2.75) is 25.8 Å². The van der Waals surface area contributed by atoms with Gasteiger partial charge in [0.05, 0.1) is 0 Å². The maximum absolute atomic E-state index is 6.12. The average Bonchev–Trinajstić information content (AvgIpc) is 2.73. The maximum atomic E-state index is 6.12. The lowest BCUT2D eigenvalue weighted by atomic mass is 10.0. The summed E-state index contributed by atoms with van der Waals surface area (Å²) in [5.74, 6) is 0.579. The molecular weight excluding hydrogens is 332 g/mol. The number of nitrogens with two attached hydrogens (primary N) is 2. The van der Waals surface area contributed by atoms with Gasteiger partial charge < -0.3 is 11.5 Å². The summed E-state index contributed by atoms with van der Waals surface area (Å²) in [5, 5.41) is 0. The second-order valence-electron chi connectivity index (χ2n) is 6.56. The molecule has 0 aliphatic heterocycles. The first-order chi connectivity index (χ1) is 13.2. The Morgan fingerprint density at radius 3 is 2.00 bits per heavy atom. The van der Waals surface area contributed by atoms with Crippen LogP contribution in [-0.2, 0) is 25.8 Å². The van der Waals surface area contributed by atoms with E-state index in [0.29, 0.717) is 18.9 Å². The number of amidine groups is 1. The van der Waals surface area contributed by atoms with Crippen molar-refractivity contribution in [3.63, 3.8) is 0 Å². The predicted octanol–water partition coefficient (Wildman–Crippen LogP) is 3.27. The van der Waals surface area contributed by atoms with Gasteiger partial charge in [0.1, 0.15) is 5.84 Å². The van der Waals surface area contributed by atoms with Crippen molar-refractivity contribution in [2.24, 2.45) is 16.5 Å². The molecule has 0 saturated carbocycles. The Hall–Kier alpha value is -2.98. The SMILES string of the molecule is NCc1ccc(CCc2ccc(C(N)=NCCc3ccccn3)cc2)cc1. The van der Waals surface area contributed by atoms with Gasteiger partial charge >= 0.3 is 0 Å². The van der Waals surface area contributed by atoms with E-state index in [-0.39, 0.29) is 0 Å². The van der Waals surface area contributed by atoms with Gasteiger partial charge in [0.15, 0.2) is 0 Å². The standard InChI is InChI=1S/C23H26N4/c24-17-20-8-6-18(7-9-20)4-5-19-10-12-21(13-11-19)23(25)27-16-14-22-3-1-2-15-26-22/h1-3,6-13,15H,4-5,14,16-17,24H2,(H2,25,27). The second-order valence-corrected chi connectivity index (χ2v) is 6.56. The third kappa shape index (κ3) is 5.76. The Labute approximate surface area is 161 Å². The van der Waals surface area contributed by atoms with Crippen LogP contribution in [0.25, 0.3) is 0 Å². The Balaban J connectivity index is 1.51. The highest BCUT2D eigenvalue weighted by Gasteiger charge is 2.01. The van der Waals surface area contributed by atoms with Crippen LogP contribution in [0, 0.1) is 0 Å². The molecule has 0 saturated heterocycles. The van der Waals surface area contributed by atoms with Crippen molar-refractivity contribution in [3.05, 3.63) is 101 Å². The Morgan fingerprint density at radius 1 is 0.778 bits per heavy atom. The normalized spacial score (nSPS) is 11.5. The molecule has 0 bridgehead atoms. The number of aryl methyl sites for hydroxylation is 2. The first kappa shape index (κ1) is 18.8. The minimum atomic E-state index is 0.579. The van der Waals surface area contributed by atoms with Crippen molar-refractivity contribution in [1.29, 1.82) is 0 Å². The molecule has 0 fully saturated rings. The first-order valence-electron chi connectivity index (χ1n) is 9.31. The third-order valence-electron chi connectivity index (χ3n) is 4.59. The molecule has 0 atom stereocenters. The molecule has 0 aliphatic carbocycles. The van der Waals surface area contributed by atoms with E-state index in [9.17, 15) is 0 Å². The van der Waals surface area contributed by atoms with Crippen molar-refractivity contribution in [3.8, 4) is 0 Å². The number of hydrogen-bond acceptors (Lipinski definition) is 3. The highest BCUT2D eigenvalue weighted by molar-refractivity contribution is 5.97. The summed E-state index contributed by atoms with van der Waals surface area (Å²) in [5.41, 5.74) is 17.5. The van der Waals surface area contributed by atoms with Crippen LogP contribution in [0.15, 0.2) is 77.9 Å². The zero-order chi connectivity index (χ0) is 18.9. The minimum absolute atomic E-state index is 0.579. The summed E-state index contributed by atoms with van der Waals surface area (Å²) in [4.78, 5) is 8.77. The molecule has 138 valence electrons. The molecule has 4 N–H and O–H groups in total. The van der Waals surface area contributed by atoms with Crippen molar-refractivity contribution in [1.82, 2.24) is 4.98 Å². The number of pyridine rings is 1. The van der Waals surface area contributed by atoms with Crippen LogP contribution < -0.4 is 11.5 Å². The Morgan fingerprint density at radius 2 is 1.41 bits per heavy atom. The van der Waals surface area contributed by atoms with Crippen LogP contribution in [0.1, 0.15) is 27.9 Å². The molecule has 0 aliphatic rings. The van der Waals surface area contributed by atoms with E-state index in [1.807, 2.05) is 30.3 Å². The Bertz CT molecular complexity index is 853. The lowest BCUT2D eigenvalue weighted by Crippen LogP contribution is -2.14. The van der Waals surface area contributed by atoms with Crippen molar-refractivity contribution < 1.29 is 0 Å². The quantitative estimate of drug-likeness (QED) is 0.479. The van der Waals surface area contributed by atoms with Crippen LogP contribution in [0.5, 0.6) is 0 Å². The largest absolute Gasteiger partial charge is 0.384 e. The highest BCUT2D eigenvalue weighted by Crippen LogP contribution is 2.11. The van der Waals surface area contributed by atoms with E-state index in [1.54, 1.807) is 6.20 Å². The van der Waals surface area contributed by atoms with E-state index in [0.717, 1.165) is 30.5 Å². The van der Waals surface area contributed by atoms with Crippen molar-refractivity contribution >= 4 is 5.84 Å². The van der Waals surface area contributed by atoms with Crippen LogP contribution in [0.3, 0.4) is 0 Å². The van der Waals surface area contributed by atoms with Crippen molar-refractivity contribution in [2.75, 3.05) is 6.54 Å². The van der Waals surface area contributed by atoms with Gasteiger partial charge in [-0.25, -0.2) is 0 Å². The third-order valence-corrected chi connectivity index (χ3v) is 4.59. The molecular formula is C23H26N4. The van der Waals surface area contributed by atoms with Crippen LogP contribution >= 0.6 is 0 Å². The van der Waals surface area contributed by atoms with Gasteiger partial charge in [-0.05, 0) is 41.7 Å². The molecule has 0 radical (unpaired) electrons. The monoisotopic (exact) mass is 358 g/mol. The molecule has 4 heteroatoms. The summed E-state index contributed by atoms with van der Waals surface area (Å²) in [6.45, 7) is 1.23. The molecule has 27 heavy (non-hydrogen) atoms. The number of aliphatic imine (C=N–C) groups is 1. The average molecular weight is 358 g/mol. The second kappa shape index (κ2) is 9.64. The maximum Gasteiger partial charge on any atom is 0.125 e. The van der Waals surface area contributed by atoms with E-state index in [4.69, 9.17) is 11.5 Å². The zero-order valence-electron chi connectivity index (χ0n) is 15.5. The topological polar surface area (TPSA) is 77.3 Å². The van der Waals surface area contributed by atoms with Gasteiger partial charge in [-0.1, -0.05) is 54.6 Å². The highest BCUT2D eigenvalue weighted by atomic mass is 14.8. The van der Waals surface area contributed by atoms with Crippen LogP contribution in [-0.4, -0.2) is 17.4 Å². The number of rotatable bonds is 8. The minimum Gasteiger partial charge on any atom is -0.384 e. The molecule has 0 unspecified atom stereocenters. The number of aromatic nitrogens is 1. The molecule has 2 aromatic carbocycles. The number of benzene rings is 2. The van der Waals surface area contributed by atoms with E-state index in [1.165, 1.54) is 16.7 Å². The van der Waals surface area contributed by atoms with Gasteiger partial charge in [-0.2, -0.15) is 0 Å². The van der Waals surface area contributed by atoms with Gasteiger partial charge in [0, 0.05) is 37.0 Å². The molecule has 0 spiro atoms. The fourth-order valence-electron chi connectivity index (χ4n) is 2.90. The first-order valence-corrected chi connectivity index (χ1v) is 9.31. The van der Waals surface area contributed by atoms with Gasteiger partial charge in [-0.3, -0.25) is 9.98 Å². The molecule has 1 heterocycles. The van der Waals surface area contributed by atoms with Crippen LogP contribution in [0.4, 0.5) is 0 Å². The zero-order valence-corrected chi connectivity index (χ0v) is 15.5. The van der Waals surface area contributed by atoms with Gasteiger partial charge in [0.2, 0.25) is 0 Å². The predicted molar refractivity (Wildman–Crippen MR) is 112 cm³/mol. The van der Waals surface area contributed by atoms with E-state index >= 15 is 0 Å². The van der Waals surface area contributed by atoms with Crippen LogP contribution in [0.2, 0.25) is 0 Å². The Kier molecular flexibility index (Phi) is 6.72. The molecule has 0 amide bonds. The summed E-state index contributed by atoms with van der Waals surface area (Å²) in [6, 6.07) is 22.8. The molecule has 3 rings (SSSR count). The molecule has 1 aromatic heterocycles. The summed E-state index contributed by atoms with van der Waals surface area (Å²) in [6.07, 6.45) is 4.60. The number of nitrogens with zero attached hydrogens (tertiary/aromatic N) is 2. The number of hydrogen-bond donors (Lipinski definition) is 2. The van der Waals surface area contributed by atoms with Gasteiger partial charge in [0.25, 0.3) is 0 Å². The van der Waals surface area contributed by atoms with Gasteiger partial charge in [-0.15, -0.1) is 0 Å². The molecule has 3 aromatic rings. The summed E-state index contributed by atoms with van der Waals surface area (Å²) < 4.78 is 0.